The SMILES string of the molecule is Cc1cnc(Nc2cccc3nn(C)nc23)nc1N(C)C. The van der Waals surface area contributed by atoms with Gasteiger partial charge in [-0.15, -0.1) is 0 Å². The van der Waals surface area contributed by atoms with Gasteiger partial charge in [-0.3, -0.25) is 0 Å². The van der Waals surface area contributed by atoms with Gasteiger partial charge in [0.1, 0.15) is 16.9 Å². The Kier molecular flexibility index (Phi) is 3.17. The standard InChI is InChI=1S/C14H17N7/c1-9-8-15-14(17-13(9)20(2)3)16-10-6-5-7-11-12(10)19-21(4)18-11/h5-8H,1-4H3,(H,15,16,17). The average molecular weight is 283 g/mol. The van der Waals surface area contributed by atoms with E-state index in [0.29, 0.717) is 5.95 Å². The molecule has 1 N–H and O–H groups in total. The van der Waals surface area contributed by atoms with E-state index >= 15 is 0 Å². The molecule has 108 valence electrons. The molecule has 1 aromatic carbocycles. The number of hydrogen-bond acceptors (Lipinski definition) is 6. The van der Waals surface area contributed by atoms with Gasteiger partial charge in [0.05, 0.1) is 5.69 Å². The van der Waals surface area contributed by atoms with E-state index in [0.717, 1.165) is 28.1 Å². The smallest absolute Gasteiger partial charge is 0.229 e. The van der Waals surface area contributed by atoms with Gasteiger partial charge in [0.15, 0.2) is 0 Å². The molecule has 3 rings (SSSR count). The van der Waals surface area contributed by atoms with E-state index in [-0.39, 0.29) is 0 Å². The van der Waals surface area contributed by atoms with Crippen molar-refractivity contribution >= 4 is 28.5 Å². The average Bonchev–Trinajstić information content (AvgIpc) is 2.82. The Hall–Kier alpha value is -2.70. The molecule has 0 atom stereocenters. The van der Waals surface area contributed by atoms with Crippen molar-refractivity contribution < 1.29 is 0 Å². The Bertz CT molecular complexity index is 791. The number of benzene rings is 1. The highest BCUT2D eigenvalue weighted by atomic mass is 15.5. The molecule has 2 aromatic heterocycles. The Balaban J connectivity index is 2.00. The Labute approximate surface area is 122 Å². The van der Waals surface area contributed by atoms with Crippen LogP contribution in [0.5, 0.6) is 0 Å². The number of hydrogen-bond donors (Lipinski definition) is 1. The fourth-order valence-electron chi connectivity index (χ4n) is 2.21. The van der Waals surface area contributed by atoms with Gasteiger partial charge in [-0.2, -0.15) is 20.0 Å². The molecule has 3 aromatic rings. The van der Waals surface area contributed by atoms with Crippen molar-refractivity contribution in [2.75, 3.05) is 24.3 Å². The summed E-state index contributed by atoms with van der Waals surface area (Å²) in [4.78, 5) is 12.4. The minimum Gasteiger partial charge on any atom is -0.362 e. The summed E-state index contributed by atoms with van der Waals surface area (Å²) in [6.45, 7) is 1.99. The molecule has 7 nitrogen and oxygen atoms in total. The molecule has 0 amide bonds. The maximum Gasteiger partial charge on any atom is 0.229 e. The van der Waals surface area contributed by atoms with E-state index in [1.165, 1.54) is 0 Å². The predicted molar refractivity (Wildman–Crippen MR) is 82.9 cm³/mol. The summed E-state index contributed by atoms with van der Waals surface area (Å²) in [7, 11) is 5.72. The lowest BCUT2D eigenvalue weighted by Crippen LogP contribution is -2.13. The zero-order valence-corrected chi connectivity index (χ0v) is 12.5. The van der Waals surface area contributed by atoms with Gasteiger partial charge in [-0.1, -0.05) is 6.07 Å². The zero-order valence-electron chi connectivity index (χ0n) is 12.5. The molecule has 0 bridgehead atoms. The molecular formula is C14H17N7. The van der Waals surface area contributed by atoms with Crippen LogP contribution >= 0.6 is 0 Å². The molecule has 7 heteroatoms. The van der Waals surface area contributed by atoms with Crippen molar-refractivity contribution in [2.24, 2.45) is 7.05 Å². The fraction of sp³-hybridized carbons (Fsp3) is 0.286. The van der Waals surface area contributed by atoms with Gasteiger partial charge in [-0.05, 0) is 19.1 Å². The number of nitrogens with zero attached hydrogens (tertiary/aromatic N) is 6. The van der Waals surface area contributed by atoms with Crippen molar-refractivity contribution in [3.63, 3.8) is 0 Å². The van der Waals surface area contributed by atoms with Crippen LogP contribution in [-0.2, 0) is 7.05 Å². The molecule has 2 heterocycles. The van der Waals surface area contributed by atoms with Gasteiger partial charge in [0, 0.05) is 32.9 Å². The summed E-state index contributed by atoms with van der Waals surface area (Å²) in [5.74, 6) is 1.43. The summed E-state index contributed by atoms with van der Waals surface area (Å²) in [5.41, 5.74) is 3.51. The molecular weight excluding hydrogens is 266 g/mol. The van der Waals surface area contributed by atoms with Crippen LogP contribution in [0.4, 0.5) is 17.5 Å². The van der Waals surface area contributed by atoms with E-state index < -0.39 is 0 Å². The lowest BCUT2D eigenvalue weighted by atomic mass is 10.2. The van der Waals surface area contributed by atoms with E-state index in [1.54, 1.807) is 11.8 Å². The van der Waals surface area contributed by atoms with Crippen LogP contribution in [-0.4, -0.2) is 39.1 Å². The molecule has 0 aliphatic carbocycles. The Morgan fingerprint density at radius 3 is 2.76 bits per heavy atom. The van der Waals surface area contributed by atoms with Gasteiger partial charge in [0.25, 0.3) is 0 Å². The van der Waals surface area contributed by atoms with Gasteiger partial charge in [0.2, 0.25) is 5.95 Å². The fourth-order valence-corrected chi connectivity index (χ4v) is 2.21. The lowest BCUT2D eigenvalue weighted by molar-refractivity contribution is 0.665. The normalized spacial score (nSPS) is 10.9. The van der Waals surface area contributed by atoms with Crippen LogP contribution in [0.2, 0.25) is 0 Å². The Morgan fingerprint density at radius 1 is 1.19 bits per heavy atom. The van der Waals surface area contributed by atoms with Crippen molar-refractivity contribution in [2.45, 2.75) is 6.92 Å². The van der Waals surface area contributed by atoms with E-state index in [4.69, 9.17) is 0 Å². The van der Waals surface area contributed by atoms with Gasteiger partial charge in [-0.25, -0.2) is 4.98 Å². The number of aryl methyl sites for hydroxylation is 2. The first kappa shape index (κ1) is 13.3. The van der Waals surface area contributed by atoms with Crippen LogP contribution in [0, 0.1) is 6.92 Å². The monoisotopic (exact) mass is 283 g/mol. The second-order valence-corrected chi connectivity index (χ2v) is 5.08. The molecule has 0 aliphatic heterocycles. The van der Waals surface area contributed by atoms with Gasteiger partial charge < -0.3 is 10.2 Å². The second-order valence-electron chi connectivity index (χ2n) is 5.08. The molecule has 0 saturated heterocycles. The summed E-state index contributed by atoms with van der Waals surface area (Å²) in [5, 5.41) is 11.9. The summed E-state index contributed by atoms with van der Waals surface area (Å²) in [6.07, 6.45) is 1.81. The molecule has 0 unspecified atom stereocenters. The highest BCUT2D eigenvalue weighted by Crippen LogP contribution is 2.23. The van der Waals surface area contributed by atoms with Crippen LogP contribution in [0.15, 0.2) is 24.4 Å². The highest BCUT2D eigenvalue weighted by Gasteiger charge is 2.10. The third kappa shape index (κ3) is 2.49. The van der Waals surface area contributed by atoms with Crippen LogP contribution in [0.3, 0.4) is 0 Å². The maximum atomic E-state index is 4.53. The van der Waals surface area contributed by atoms with Crippen molar-refractivity contribution in [3.05, 3.63) is 30.0 Å². The molecule has 0 fully saturated rings. The number of nitrogens with one attached hydrogen (secondary N) is 1. The predicted octanol–water partition coefficient (Wildman–Crippen LogP) is 1.88. The van der Waals surface area contributed by atoms with Crippen molar-refractivity contribution in [3.8, 4) is 0 Å². The molecule has 0 spiro atoms. The lowest BCUT2D eigenvalue weighted by Gasteiger charge is -2.15. The van der Waals surface area contributed by atoms with Crippen LogP contribution in [0.1, 0.15) is 5.56 Å². The number of aromatic nitrogens is 5. The Morgan fingerprint density at radius 2 is 2.00 bits per heavy atom. The second kappa shape index (κ2) is 5.01. The summed E-state index contributed by atoms with van der Waals surface area (Å²) < 4.78 is 0. The van der Waals surface area contributed by atoms with Crippen molar-refractivity contribution in [1.82, 2.24) is 25.0 Å². The number of rotatable bonds is 3. The first-order valence-electron chi connectivity index (χ1n) is 6.62. The van der Waals surface area contributed by atoms with Crippen LogP contribution in [0.25, 0.3) is 11.0 Å². The van der Waals surface area contributed by atoms with Crippen molar-refractivity contribution in [1.29, 1.82) is 0 Å². The molecule has 21 heavy (non-hydrogen) atoms. The number of fused-ring (bicyclic) bond motifs is 1. The first-order valence-corrected chi connectivity index (χ1v) is 6.62. The van der Waals surface area contributed by atoms with E-state index in [1.807, 2.05) is 50.3 Å². The zero-order chi connectivity index (χ0) is 15.0. The molecule has 0 saturated carbocycles. The minimum absolute atomic E-state index is 0.544. The van der Waals surface area contributed by atoms with E-state index in [9.17, 15) is 0 Å². The summed E-state index contributed by atoms with van der Waals surface area (Å²) in [6, 6.07) is 5.80. The third-order valence-electron chi connectivity index (χ3n) is 3.13. The first-order chi connectivity index (χ1) is 10.0. The molecule has 0 radical (unpaired) electrons. The third-order valence-corrected chi connectivity index (χ3v) is 3.13. The highest BCUT2D eigenvalue weighted by molar-refractivity contribution is 5.88. The largest absolute Gasteiger partial charge is 0.362 e. The maximum absolute atomic E-state index is 4.53. The van der Waals surface area contributed by atoms with Crippen LogP contribution < -0.4 is 10.2 Å². The topological polar surface area (TPSA) is 71.8 Å². The quantitative estimate of drug-likeness (QED) is 0.791. The van der Waals surface area contributed by atoms with E-state index in [2.05, 4.69) is 25.5 Å². The van der Waals surface area contributed by atoms with Gasteiger partial charge >= 0.3 is 0 Å². The molecule has 0 aliphatic rings. The number of anilines is 3. The summed E-state index contributed by atoms with van der Waals surface area (Å²) >= 11 is 0. The minimum atomic E-state index is 0.544.